The molecule has 0 aromatic rings. The van der Waals surface area contributed by atoms with Crippen LogP contribution in [0.3, 0.4) is 0 Å². The van der Waals surface area contributed by atoms with Crippen molar-refractivity contribution in [3.63, 3.8) is 0 Å². The molecule has 0 aliphatic heterocycles. The number of carbonyl (C=O) groups is 2. The van der Waals surface area contributed by atoms with E-state index in [0.717, 1.165) is 6.42 Å². The van der Waals surface area contributed by atoms with Crippen molar-refractivity contribution in [1.29, 1.82) is 0 Å². The monoisotopic (exact) mass is 263 g/mol. The number of esters is 1. The molecule has 2 atom stereocenters. The minimum Gasteiger partial charge on any atom is -0.458 e. The van der Waals surface area contributed by atoms with E-state index in [1.807, 2.05) is 13.8 Å². The fraction of sp³-hybridized carbons (Fsp3) is 0.833. The first-order chi connectivity index (χ1) is 7.71. The fourth-order valence-electron chi connectivity index (χ4n) is 1.25. The van der Waals surface area contributed by atoms with E-state index in [1.54, 1.807) is 20.8 Å². The van der Waals surface area contributed by atoms with E-state index in [-0.39, 0.29) is 17.7 Å². The van der Waals surface area contributed by atoms with Gasteiger partial charge >= 0.3 is 5.97 Å². The highest BCUT2D eigenvalue weighted by atomic mass is 35.5. The lowest BCUT2D eigenvalue weighted by Gasteiger charge is -2.27. The molecule has 0 rings (SSSR count). The normalized spacial score (nSPS) is 14.9. The lowest BCUT2D eigenvalue weighted by molar-refractivity contribution is -0.160. The summed E-state index contributed by atoms with van der Waals surface area (Å²) < 4.78 is 5.27. The molecule has 0 saturated carbocycles. The summed E-state index contributed by atoms with van der Waals surface area (Å²) in [5, 5.41) is 2.59. The molecule has 0 fully saturated rings. The number of halogens is 1. The van der Waals surface area contributed by atoms with Crippen LogP contribution in [0.4, 0.5) is 0 Å². The summed E-state index contributed by atoms with van der Waals surface area (Å²) in [6.45, 7) is 9.23. The largest absolute Gasteiger partial charge is 0.458 e. The van der Waals surface area contributed by atoms with E-state index in [4.69, 9.17) is 16.3 Å². The first kappa shape index (κ1) is 16.2. The minimum absolute atomic E-state index is 0.0111. The molecule has 0 unspecified atom stereocenters. The maximum Gasteiger partial charge on any atom is 0.329 e. The van der Waals surface area contributed by atoms with E-state index in [0.29, 0.717) is 0 Å². The van der Waals surface area contributed by atoms with E-state index in [9.17, 15) is 9.59 Å². The van der Waals surface area contributed by atoms with Gasteiger partial charge in [-0.05, 0) is 26.7 Å². The number of amides is 1. The van der Waals surface area contributed by atoms with Crippen LogP contribution in [0.25, 0.3) is 0 Å². The number of ether oxygens (including phenoxy) is 1. The predicted molar refractivity (Wildman–Crippen MR) is 68.0 cm³/mol. The molecule has 0 heterocycles. The maximum atomic E-state index is 11.9. The number of alkyl halides is 1. The summed E-state index contributed by atoms with van der Waals surface area (Å²) in [5.74, 6) is -0.916. The van der Waals surface area contributed by atoms with Crippen molar-refractivity contribution in [2.24, 2.45) is 5.92 Å². The van der Waals surface area contributed by atoms with Crippen LogP contribution in [-0.4, -0.2) is 29.4 Å². The number of hydrogen-bond acceptors (Lipinski definition) is 3. The molecule has 0 aromatic carbocycles. The summed E-state index contributed by atoms with van der Waals surface area (Å²) in [7, 11) is 0. The van der Waals surface area contributed by atoms with Crippen LogP contribution in [0.15, 0.2) is 0 Å². The summed E-state index contributed by atoms with van der Waals surface area (Å²) >= 11 is 5.42. The van der Waals surface area contributed by atoms with Gasteiger partial charge in [-0.2, -0.15) is 0 Å². The van der Waals surface area contributed by atoms with E-state index < -0.39 is 17.6 Å². The predicted octanol–water partition coefficient (Wildman–Crippen LogP) is 2.10. The molecular weight excluding hydrogens is 242 g/mol. The first-order valence-electron chi connectivity index (χ1n) is 5.79. The third-order valence-electron chi connectivity index (χ3n) is 2.31. The van der Waals surface area contributed by atoms with Gasteiger partial charge in [-0.1, -0.05) is 20.3 Å². The molecule has 0 aromatic heterocycles. The van der Waals surface area contributed by atoms with Crippen LogP contribution < -0.4 is 5.32 Å². The Morgan fingerprint density at radius 3 is 2.24 bits per heavy atom. The third-order valence-corrected chi connectivity index (χ3v) is 2.55. The number of hydrogen-bond donors (Lipinski definition) is 1. The molecule has 1 amide bonds. The SMILES string of the molecule is CC[C@@H](C)[C@H](NC(=O)CCl)C(=O)OC(C)(C)C. The Morgan fingerprint density at radius 1 is 1.35 bits per heavy atom. The summed E-state index contributed by atoms with van der Waals surface area (Å²) in [4.78, 5) is 23.2. The van der Waals surface area contributed by atoms with Gasteiger partial charge in [0, 0.05) is 0 Å². The number of carbonyl (C=O) groups excluding carboxylic acids is 2. The maximum absolute atomic E-state index is 11.9. The molecule has 4 nitrogen and oxygen atoms in total. The Balaban J connectivity index is 4.68. The summed E-state index contributed by atoms with van der Waals surface area (Å²) in [6, 6.07) is -0.634. The van der Waals surface area contributed by atoms with Crippen LogP contribution in [-0.2, 0) is 14.3 Å². The second kappa shape index (κ2) is 6.84. The summed E-state index contributed by atoms with van der Waals surface area (Å²) in [5.41, 5.74) is -0.561. The van der Waals surface area contributed by atoms with Gasteiger partial charge in [0.15, 0.2) is 0 Å². The highest BCUT2D eigenvalue weighted by molar-refractivity contribution is 6.27. The first-order valence-corrected chi connectivity index (χ1v) is 6.33. The van der Waals surface area contributed by atoms with Gasteiger partial charge in [0.1, 0.15) is 17.5 Å². The molecular formula is C12H22ClNO3. The van der Waals surface area contributed by atoms with Crippen molar-refractivity contribution < 1.29 is 14.3 Å². The van der Waals surface area contributed by atoms with Gasteiger partial charge in [0.2, 0.25) is 5.91 Å². The number of nitrogens with one attached hydrogen (secondary N) is 1. The topological polar surface area (TPSA) is 55.4 Å². The zero-order chi connectivity index (χ0) is 13.6. The molecule has 5 heteroatoms. The second-order valence-corrected chi connectivity index (χ2v) is 5.37. The van der Waals surface area contributed by atoms with Crippen LogP contribution in [0.5, 0.6) is 0 Å². The fourth-order valence-corrected chi connectivity index (χ4v) is 1.32. The lowest BCUT2D eigenvalue weighted by atomic mass is 9.99. The average molecular weight is 264 g/mol. The highest BCUT2D eigenvalue weighted by Crippen LogP contribution is 2.14. The standard InChI is InChI=1S/C12H22ClNO3/c1-6-8(2)10(14-9(15)7-13)11(16)17-12(3,4)5/h8,10H,6-7H2,1-5H3,(H,14,15)/t8-,10+/m1/s1. The molecule has 17 heavy (non-hydrogen) atoms. The van der Waals surface area contributed by atoms with Gasteiger partial charge in [-0.3, -0.25) is 4.79 Å². The number of rotatable bonds is 5. The average Bonchev–Trinajstić information content (AvgIpc) is 2.21. The van der Waals surface area contributed by atoms with Crippen molar-refractivity contribution in [3.05, 3.63) is 0 Å². The Labute approximate surface area is 108 Å². The molecule has 100 valence electrons. The molecule has 1 N–H and O–H groups in total. The quantitative estimate of drug-likeness (QED) is 0.610. The van der Waals surface area contributed by atoms with Gasteiger partial charge in [0.25, 0.3) is 0 Å². The van der Waals surface area contributed by atoms with E-state index in [2.05, 4.69) is 5.32 Å². The smallest absolute Gasteiger partial charge is 0.329 e. The zero-order valence-corrected chi connectivity index (χ0v) is 11.9. The van der Waals surface area contributed by atoms with Crippen molar-refractivity contribution >= 4 is 23.5 Å². The van der Waals surface area contributed by atoms with E-state index >= 15 is 0 Å². The Bertz CT molecular complexity index is 273. The third kappa shape index (κ3) is 6.51. The zero-order valence-electron chi connectivity index (χ0n) is 11.2. The summed E-state index contributed by atoms with van der Waals surface area (Å²) in [6.07, 6.45) is 0.770. The van der Waals surface area contributed by atoms with E-state index in [1.165, 1.54) is 0 Å². The van der Waals surface area contributed by atoms with Crippen LogP contribution in [0.2, 0.25) is 0 Å². The van der Waals surface area contributed by atoms with Crippen LogP contribution in [0, 0.1) is 5.92 Å². The van der Waals surface area contributed by atoms with Crippen molar-refractivity contribution in [2.45, 2.75) is 52.7 Å². The second-order valence-electron chi connectivity index (χ2n) is 5.10. The van der Waals surface area contributed by atoms with Gasteiger partial charge in [0.05, 0.1) is 0 Å². The van der Waals surface area contributed by atoms with Crippen molar-refractivity contribution in [1.82, 2.24) is 5.32 Å². The molecule has 0 aliphatic carbocycles. The van der Waals surface area contributed by atoms with Gasteiger partial charge in [-0.15, -0.1) is 11.6 Å². The lowest BCUT2D eigenvalue weighted by Crippen LogP contribution is -2.48. The van der Waals surface area contributed by atoms with Crippen molar-refractivity contribution in [2.75, 3.05) is 5.88 Å². The Kier molecular flexibility index (Phi) is 6.53. The molecule has 0 aliphatic rings. The Hall–Kier alpha value is -0.770. The van der Waals surface area contributed by atoms with Gasteiger partial charge < -0.3 is 10.1 Å². The van der Waals surface area contributed by atoms with Gasteiger partial charge in [-0.25, -0.2) is 4.79 Å². The minimum atomic E-state index is -0.634. The van der Waals surface area contributed by atoms with Crippen LogP contribution in [0.1, 0.15) is 41.0 Å². The Morgan fingerprint density at radius 2 is 1.88 bits per heavy atom. The van der Waals surface area contributed by atoms with Crippen molar-refractivity contribution in [3.8, 4) is 0 Å². The highest BCUT2D eigenvalue weighted by Gasteiger charge is 2.30. The molecule has 0 bridgehead atoms. The molecule has 0 saturated heterocycles. The molecule has 0 radical (unpaired) electrons. The molecule has 0 spiro atoms. The van der Waals surface area contributed by atoms with Crippen LogP contribution >= 0.6 is 11.6 Å².